The minimum absolute atomic E-state index is 0.0504. The predicted molar refractivity (Wildman–Crippen MR) is 125 cm³/mol. The van der Waals surface area contributed by atoms with Gasteiger partial charge in [-0.2, -0.15) is 0 Å². The largest absolute Gasteiger partial charge is 0.454 e. The van der Waals surface area contributed by atoms with Crippen LogP contribution in [0.5, 0.6) is 0 Å². The van der Waals surface area contributed by atoms with Crippen LogP contribution in [-0.2, 0) is 18.3 Å². The molecule has 0 saturated carbocycles. The third-order valence-corrected chi connectivity index (χ3v) is 5.72. The Bertz CT molecular complexity index is 1300. The van der Waals surface area contributed by atoms with Crippen LogP contribution in [-0.4, -0.2) is 32.5 Å². The molecule has 2 aromatic heterocycles. The molecule has 0 aliphatic heterocycles. The number of carbonyl (C=O) groups is 2. The molecule has 2 N–H and O–H groups in total. The van der Waals surface area contributed by atoms with Crippen LogP contribution in [0.25, 0.3) is 0 Å². The van der Waals surface area contributed by atoms with Crippen LogP contribution in [0.3, 0.4) is 0 Å². The van der Waals surface area contributed by atoms with Crippen molar-refractivity contribution < 1.29 is 14.3 Å². The Labute approximate surface area is 194 Å². The fraction of sp³-hybridized carbons (Fsp3) is 0.261. The van der Waals surface area contributed by atoms with Crippen molar-refractivity contribution in [2.45, 2.75) is 30.3 Å². The summed E-state index contributed by atoms with van der Waals surface area (Å²) in [5.41, 5.74) is 4.37. The number of rotatable bonds is 8. The zero-order valence-corrected chi connectivity index (χ0v) is 19.3. The first kappa shape index (κ1) is 24.0. The van der Waals surface area contributed by atoms with E-state index in [4.69, 9.17) is 10.5 Å². The minimum Gasteiger partial charge on any atom is -0.454 e. The van der Waals surface area contributed by atoms with E-state index in [1.165, 1.54) is 23.4 Å². The summed E-state index contributed by atoms with van der Waals surface area (Å²) in [6.07, 6.45) is 1.55. The summed E-state index contributed by atoms with van der Waals surface area (Å²) in [5, 5.41) is 0.419. The van der Waals surface area contributed by atoms with Crippen molar-refractivity contribution in [3.05, 3.63) is 80.6 Å². The Kier molecular flexibility index (Phi) is 7.49. The van der Waals surface area contributed by atoms with E-state index >= 15 is 0 Å². The maximum absolute atomic E-state index is 12.8. The van der Waals surface area contributed by atoms with Crippen molar-refractivity contribution in [3.63, 3.8) is 0 Å². The molecule has 1 aromatic carbocycles. The van der Waals surface area contributed by atoms with Gasteiger partial charge in [0, 0.05) is 24.7 Å². The summed E-state index contributed by atoms with van der Waals surface area (Å²) >= 11 is 1.28. The number of nitrogens with zero attached hydrogens (tertiary/aromatic N) is 3. The zero-order chi connectivity index (χ0) is 24.1. The monoisotopic (exact) mass is 468 g/mol. The highest BCUT2D eigenvalue weighted by Gasteiger charge is 2.24. The molecule has 9 nitrogen and oxygen atoms in total. The van der Waals surface area contributed by atoms with Gasteiger partial charge < -0.3 is 10.5 Å². The summed E-state index contributed by atoms with van der Waals surface area (Å²) in [6.45, 7) is 3.27. The van der Waals surface area contributed by atoms with Gasteiger partial charge >= 0.3 is 11.7 Å². The molecule has 0 amide bonds. The molecule has 0 fully saturated rings. The van der Waals surface area contributed by atoms with Gasteiger partial charge in [-0.3, -0.25) is 18.7 Å². The van der Waals surface area contributed by atoms with Crippen LogP contribution < -0.4 is 17.0 Å². The maximum atomic E-state index is 12.8. The second-order valence-electron chi connectivity index (χ2n) is 7.68. The number of pyridine rings is 1. The third-order valence-electron chi connectivity index (χ3n) is 4.69. The number of nitrogen functional groups attached to an aromatic ring is 1. The van der Waals surface area contributed by atoms with Crippen LogP contribution in [0.1, 0.15) is 34.6 Å². The first-order chi connectivity index (χ1) is 15.7. The fourth-order valence-corrected chi connectivity index (χ4v) is 3.99. The molecule has 0 aliphatic rings. The molecule has 0 saturated heterocycles. The predicted octanol–water partition coefficient (Wildman–Crippen LogP) is 2.37. The first-order valence-corrected chi connectivity index (χ1v) is 11.0. The molecule has 0 bridgehead atoms. The van der Waals surface area contributed by atoms with Crippen molar-refractivity contribution >= 4 is 29.3 Å². The van der Waals surface area contributed by atoms with Crippen LogP contribution in [0.15, 0.2) is 68.2 Å². The van der Waals surface area contributed by atoms with Gasteiger partial charge in [0.1, 0.15) is 16.4 Å². The van der Waals surface area contributed by atoms with Gasteiger partial charge in [-0.05, 0) is 30.2 Å². The molecule has 33 heavy (non-hydrogen) atoms. The lowest BCUT2D eigenvalue weighted by molar-refractivity contribution is 0.0470. The highest BCUT2D eigenvalue weighted by molar-refractivity contribution is 7.99. The molecular weight excluding hydrogens is 444 g/mol. The molecule has 0 aliphatic carbocycles. The molecule has 3 rings (SSSR count). The van der Waals surface area contributed by atoms with Crippen molar-refractivity contribution in [2.75, 3.05) is 12.3 Å². The van der Waals surface area contributed by atoms with Crippen molar-refractivity contribution in [3.8, 4) is 0 Å². The minimum atomic E-state index is -0.833. The summed E-state index contributed by atoms with van der Waals surface area (Å²) in [4.78, 5) is 55.6. The van der Waals surface area contributed by atoms with E-state index in [0.29, 0.717) is 5.03 Å². The average Bonchev–Trinajstić information content (AvgIpc) is 2.80. The topological polar surface area (TPSA) is 126 Å². The Morgan fingerprint density at radius 2 is 1.82 bits per heavy atom. The summed E-state index contributed by atoms with van der Waals surface area (Å²) in [7, 11) is 1.27. The number of esters is 1. The van der Waals surface area contributed by atoms with E-state index in [0.717, 1.165) is 9.46 Å². The number of aromatic nitrogens is 3. The second-order valence-corrected chi connectivity index (χ2v) is 8.74. The SMILES string of the molecule is CC(C)Cn1c(N)c(C(=O)COC(=O)c2cccnc2Sc2ccccc2)c(=O)n(C)c1=O. The quantitative estimate of drug-likeness (QED) is 0.394. The van der Waals surface area contributed by atoms with Gasteiger partial charge in [0.15, 0.2) is 6.61 Å². The first-order valence-electron chi connectivity index (χ1n) is 10.2. The van der Waals surface area contributed by atoms with E-state index in [1.807, 2.05) is 44.2 Å². The van der Waals surface area contributed by atoms with Gasteiger partial charge in [-0.25, -0.2) is 14.6 Å². The molecule has 0 unspecified atom stereocenters. The van der Waals surface area contributed by atoms with E-state index in [1.54, 1.807) is 18.3 Å². The zero-order valence-electron chi connectivity index (χ0n) is 18.5. The highest BCUT2D eigenvalue weighted by atomic mass is 32.2. The number of hydrogen-bond donors (Lipinski definition) is 1. The lowest BCUT2D eigenvalue weighted by Gasteiger charge is -2.16. The number of Topliss-reactive ketones (excluding diaryl/α,β-unsaturated/α-hetero) is 1. The number of hydrogen-bond acceptors (Lipinski definition) is 8. The van der Waals surface area contributed by atoms with Crippen LogP contribution in [0, 0.1) is 5.92 Å². The Balaban J connectivity index is 1.83. The smallest absolute Gasteiger partial charge is 0.341 e. The Hall–Kier alpha value is -3.66. The van der Waals surface area contributed by atoms with Crippen molar-refractivity contribution in [1.82, 2.24) is 14.1 Å². The molecule has 172 valence electrons. The van der Waals surface area contributed by atoms with Crippen LogP contribution in [0.4, 0.5) is 5.82 Å². The summed E-state index contributed by atoms with van der Waals surface area (Å²) in [6, 6.07) is 12.5. The number of carbonyl (C=O) groups excluding carboxylic acids is 2. The van der Waals surface area contributed by atoms with Crippen LogP contribution >= 0.6 is 11.8 Å². The second kappa shape index (κ2) is 10.3. The maximum Gasteiger partial charge on any atom is 0.341 e. The number of anilines is 1. The lowest BCUT2D eigenvalue weighted by atomic mass is 10.1. The fourth-order valence-electron chi connectivity index (χ4n) is 3.10. The van der Waals surface area contributed by atoms with E-state index < -0.39 is 29.6 Å². The third kappa shape index (κ3) is 5.40. The average molecular weight is 469 g/mol. The van der Waals surface area contributed by atoms with Gasteiger partial charge in [-0.15, -0.1) is 0 Å². The molecule has 0 radical (unpaired) electrons. The standard InChI is InChI=1S/C23H24N4O5S/c1-14(2)12-27-19(24)18(21(29)26(3)23(27)31)17(28)13-32-22(30)16-10-7-11-25-20(16)33-15-8-5-4-6-9-15/h4-11,14H,12-13,24H2,1-3H3. The molecule has 10 heteroatoms. The number of ketones is 1. The number of nitrogens with two attached hydrogens (primary N) is 1. The molecule has 2 heterocycles. The Morgan fingerprint density at radius 3 is 2.48 bits per heavy atom. The lowest BCUT2D eigenvalue weighted by Crippen LogP contribution is -2.43. The van der Waals surface area contributed by atoms with Gasteiger partial charge in [0.05, 0.1) is 5.56 Å². The van der Waals surface area contributed by atoms with Crippen molar-refractivity contribution in [1.29, 1.82) is 0 Å². The van der Waals surface area contributed by atoms with Gasteiger partial charge in [0.2, 0.25) is 5.78 Å². The molecular formula is C23H24N4O5S. The van der Waals surface area contributed by atoms with Gasteiger partial charge in [0.25, 0.3) is 5.56 Å². The number of benzene rings is 1. The van der Waals surface area contributed by atoms with Crippen molar-refractivity contribution in [2.24, 2.45) is 13.0 Å². The van der Waals surface area contributed by atoms with E-state index in [2.05, 4.69) is 4.98 Å². The van der Waals surface area contributed by atoms with E-state index in [-0.39, 0.29) is 29.4 Å². The highest BCUT2D eigenvalue weighted by Crippen LogP contribution is 2.28. The summed E-state index contributed by atoms with van der Waals surface area (Å²) in [5.74, 6) is -1.74. The molecule has 0 atom stereocenters. The van der Waals surface area contributed by atoms with E-state index in [9.17, 15) is 19.2 Å². The van der Waals surface area contributed by atoms with Gasteiger partial charge in [-0.1, -0.05) is 43.8 Å². The number of ether oxygens (including phenoxy) is 1. The normalized spacial score (nSPS) is 10.9. The molecule has 3 aromatic rings. The Morgan fingerprint density at radius 1 is 1.12 bits per heavy atom. The molecule has 0 spiro atoms. The summed E-state index contributed by atoms with van der Waals surface area (Å²) < 4.78 is 7.19. The van der Waals surface area contributed by atoms with Crippen LogP contribution in [0.2, 0.25) is 0 Å².